The topological polar surface area (TPSA) is 482 Å². The van der Waals surface area contributed by atoms with Gasteiger partial charge in [0.1, 0.15) is 36.3 Å². The number of carbonyl (C=O) groups excluding carboxylic acids is 3. The first kappa shape index (κ1) is 63.4. The Hall–Kier alpha value is -2.56. The molecule has 0 aliphatic carbocycles. The van der Waals surface area contributed by atoms with Gasteiger partial charge in [0.15, 0.2) is 22.8 Å². The highest BCUT2D eigenvalue weighted by Gasteiger charge is 2.48. The molecule has 19 N–H and O–H groups in total. The van der Waals surface area contributed by atoms with Gasteiger partial charge in [0.25, 0.3) is 23.5 Å². The van der Waals surface area contributed by atoms with Gasteiger partial charge in [-0.15, -0.1) is 0 Å². The minimum atomic E-state index is -5.90. The van der Waals surface area contributed by atoms with Crippen molar-refractivity contribution < 1.29 is 80.5 Å². The fourth-order valence-electron chi connectivity index (χ4n) is 6.28. The number of amides is 2. The lowest BCUT2D eigenvalue weighted by atomic mass is 9.87. The molecular weight excluding hydrogens is 957 g/mol. The molecule has 2 aromatic heterocycles. The fraction of sp³-hybridized carbons (Fsp3) is 0.771. The Labute approximate surface area is 388 Å². The molecule has 3 heterocycles. The number of hydrogen-bond donors (Lipinski definition) is 9. The van der Waals surface area contributed by atoms with E-state index in [1.807, 2.05) is 0 Å². The average Bonchev–Trinajstić information content (AvgIpc) is 3.76. The Morgan fingerprint density at radius 1 is 0.909 bits per heavy atom. The van der Waals surface area contributed by atoms with E-state index in [1.54, 1.807) is 0 Å². The molecule has 31 heteroatoms. The number of imidazole rings is 1. The van der Waals surface area contributed by atoms with Crippen LogP contribution in [0.3, 0.4) is 0 Å². The van der Waals surface area contributed by atoms with Crippen molar-refractivity contribution in [1.82, 2.24) is 48.6 Å². The summed E-state index contributed by atoms with van der Waals surface area (Å²) in [6.45, 7) is 2.44. The van der Waals surface area contributed by atoms with Crippen LogP contribution in [0, 0.1) is 5.41 Å². The number of phosphoric acid groups is 3. The molecule has 66 heavy (non-hydrogen) atoms. The maximum absolute atomic E-state index is 12.6. The van der Waals surface area contributed by atoms with Gasteiger partial charge in [0.05, 0.1) is 19.5 Å². The SMILES string of the molecule is CCCCCCCCCCCCCC(=O)SCCNC(=O)CCNC(=O)[C@H](O)C(C)(C)COP(=O)([O-])OP(=O)([O-])OC[C@H]1O[C@@H](n2cnc3c(N)ncnc32)[C@H](O)[C@@H]1OP(=O)([O-])O.[NH4+].[NH4+].[NH4+]. The van der Waals surface area contributed by atoms with Gasteiger partial charge in [-0.25, -0.2) is 19.3 Å². The Morgan fingerprint density at radius 3 is 2.11 bits per heavy atom. The highest BCUT2D eigenvalue weighted by Crippen LogP contribution is 2.56. The number of aliphatic hydroxyl groups excluding tert-OH is 2. The summed E-state index contributed by atoms with van der Waals surface area (Å²) in [5.41, 5.74) is 4.13. The van der Waals surface area contributed by atoms with Crippen LogP contribution in [0.4, 0.5) is 5.82 Å². The molecule has 0 spiro atoms. The van der Waals surface area contributed by atoms with Gasteiger partial charge in [0, 0.05) is 37.1 Å². The van der Waals surface area contributed by atoms with Crippen molar-refractivity contribution >= 4 is 69.1 Å². The predicted octanol–water partition coefficient (Wildman–Crippen LogP) is 2.60. The first-order valence-electron chi connectivity index (χ1n) is 20.5. The molecule has 1 aliphatic heterocycles. The molecule has 384 valence electrons. The molecule has 0 saturated carbocycles. The second-order valence-corrected chi connectivity index (χ2v) is 20.8. The molecule has 2 amide bonds. The van der Waals surface area contributed by atoms with Gasteiger partial charge < -0.3 is 82.9 Å². The van der Waals surface area contributed by atoms with Gasteiger partial charge >= 0.3 is 0 Å². The summed E-state index contributed by atoms with van der Waals surface area (Å²) in [6, 6.07) is 0. The number of quaternary nitrogens is 3. The summed E-state index contributed by atoms with van der Waals surface area (Å²) in [5.74, 6) is -1.11. The number of unbranched alkanes of at least 4 members (excludes halogenated alkanes) is 10. The van der Waals surface area contributed by atoms with E-state index in [1.165, 1.54) is 65.2 Å². The molecule has 1 aliphatic rings. The Kier molecular flexibility index (Phi) is 29.0. The van der Waals surface area contributed by atoms with E-state index in [2.05, 4.69) is 50.4 Å². The minimum Gasteiger partial charge on any atom is -0.756 e. The normalized spacial score (nSPS) is 20.4. The van der Waals surface area contributed by atoms with E-state index in [-0.39, 0.29) is 60.1 Å². The lowest BCUT2D eigenvalue weighted by Crippen LogP contribution is -2.46. The lowest BCUT2D eigenvalue weighted by Gasteiger charge is -2.35. The summed E-state index contributed by atoms with van der Waals surface area (Å²) in [4.78, 5) is 94.6. The summed E-state index contributed by atoms with van der Waals surface area (Å²) in [5, 5.41) is 26.5. The van der Waals surface area contributed by atoms with Crippen molar-refractivity contribution in [3.63, 3.8) is 0 Å². The van der Waals surface area contributed by atoms with Crippen LogP contribution < -0.4 is 49.5 Å². The minimum absolute atomic E-state index is 0. The highest BCUT2D eigenvalue weighted by atomic mass is 32.2. The van der Waals surface area contributed by atoms with Gasteiger partial charge in [-0.1, -0.05) is 96.7 Å². The number of nitrogens with zero attached hydrogens (tertiary/aromatic N) is 4. The molecule has 3 unspecified atom stereocenters. The second kappa shape index (κ2) is 30.1. The van der Waals surface area contributed by atoms with E-state index in [0.29, 0.717) is 12.2 Å². The van der Waals surface area contributed by atoms with Crippen molar-refractivity contribution in [2.45, 2.75) is 135 Å². The second-order valence-electron chi connectivity index (χ2n) is 15.5. The van der Waals surface area contributed by atoms with E-state index in [4.69, 9.17) is 10.5 Å². The first-order valence-corrected chi connectivity index (χ1v) is 26.0. The number of hydrogen-bond acceptors (Lipinski definition) is 21. The number of aliphatic hydroxyl groups is 2. The fourth-order valence-corrected chi connectivity index (χ4v) is 9.75. The number of aromatic nitrogens is 4. The van der Waals surface area contributed by atoms with Crippen LogP contribution in [0.25, 0.3) is 11.2 Å². The van der Waals surface area contributed by atoms with Crippen LogP contribution in [-0.2, 0) is 50.7 Å². The van der Waals surface area contributed by atoms with Gasteiger partial charge in [-0.3, -0.25) is 32.6 Å². The number of phosphoric ester groups is 3. The third kappa shape index (κ3) is 22.2. The molecule has 1 saturated heterocycles. The van der Waals surface area contributed by atoms with Gasteiger partial charge in [-0.2, -0.15) is 0 Å². The number of rotatable bonds is 31. The molecular formula is C35H71N10O17P3S. The van der Waals surface area contributed by atoms with Crippen molar-refractivity contribution in [2.75, 3.05) is 37.8 Å². The Bertz CT molecular complexity index is 1930. The van der Waals surface area contributed by atoms with Crippen molar-refractivity contribution in [2.24, 2.45) is 5.41 Å². The zero-order valence-electron chi connectivity index (χ0n) is 38.4. The van der Waals surface area contributed by atoms with Gasteiger partial charge in [0.2, 0.25) is 11.8 Å². The monoisotopic (exact) mass is 1030 g/mol. The van der Waals surface area contributed by atoms with E-state index >= 15 is 0 Å². The average molecular weight is 1030 g/mol. The number of nitrogens with one attached hydrogen (secondary N) is 2. The highest BCUT2D eigenvalue weighted by molar-refractivity contribution is 8.13. The van der Waals surface area contributed by atoms with Crippen molar-refractivity contribution in [1.29, 1.82) is 0 Å². The summed E-state index contributed by atoms with van der Waals surface area (Å²) >= 11 is 1.14. The molecule has 8 atom stereocenters. The Morgan fingerprint density at radius 2 is 1.50 bits per heavy atom. The van der Waals surface area contributed by atoms with E-state index in [0.717, 1.165) is 48.2 Å². The van der Waals surface area contributed by atoms with Crippen LogP contribution in [-0.4, -0.2) is 108 Å². The third-order valence-corrected chi connectivity index (χ3v) is 13.7. The molecule has 1 fully saturated rings. The zero-order valence-corrected chi connectivity index (χ0v) is 41.9. The third-order valence-electron chi connectivity index (χ3n) is 9.73. The van der Waals surface area contributed by atoms with Crippen LogP contribution in [0.1, 0.15) is 110 Å². The number of nitrogens with two attached hydrogens (primary N) is 1. The number of carbonyl (C=O) groups is 3. The van der Waals surface area contributed by atoms with Crippen LogP contribution in [0.5, 0.6) is 0 Å². The van der Waals surface area contributed by atoms with Crippen LogP contribution in [0.15, 0.2) is 12.7 Å². The number of ether oxygens (including phenoxy) is 1. The molecule has 3 rings (SSSR count). The number of fused-ring (bicyclic) bond motifs is 1. The smallest absolute Gasteiger partial charge is 0.274 e. The quantitative estimate of drug-likeness (QED) is 0.0387. The maximum atomic E-state index is 12.6. The molecule has 27 nitrogen and oxygen atoms in total. The van der Waals surface area contributed by atoms with Crippen molar-refractivity contribution in [3.05, 3.63) is 12.7 Å². The Balaban J connectivity index is 0.0000141. The first-order chi connectivity index (χ1) is 29.6. The maximum Gasteiger partial charge on any atom is 0.274 e. The molecule has 0 bridgehead atoms. The predicted molar refractivity (Wildman–Crippen MR) is 239 cm³/mol. The summed E-state index contributed by atoms with van der Waals surface area (Å²) in [7, 11) is -17.3. The number of thioether (sulfide) groups is 1. The number of anilines is 1. The summed E-state index contributed by atoms with van der Waals surface area (Å²) < 4.78 is 61.1. The molecule has 0 aromatic carbocycles. The lowest BCUT2D eigenvalue weighted by molar-refractivity contribution is -0.247. The summed E-state index contributed by atoms with van der Waals surface area (Å²) in [6.07, 6.45) is 6.22. The van der Waals surface area contributed by atoms with E-state index in [9.17, 15) is 57.9 Å². The molecule has 0 radical (unpaired) electrons. The molecule has 2 aromatic rings. The van der Waals surface area contributed by atoms with E-state index < -0.39 is 84.6 Å². The number of nitrogen functional groups attached to an aromatic ring is 1. The standard InChI is InChI=1S/C35H62N7O17P3S.3H3N/c1-4-5-6-7-8-9-10-11-12-13-14-15-26(44)63-19-18-37-25(43)16-17-38-33(47)30(46)35(2,3)21-56-62(53,54)59-61(51,52)55-20-24-29(58-60(48,49)50)28(45)34(57-24)42-23-41-27-31(36)39-22-40-32(27)42;;;/h22-24,28-30,34,45-46H,4-21H2,1-3H3,(H,37,43)(H,38,47)(H,51,52)(H,53,54)(H2,36,39,40)(H2,48,49,50);3*1H3/t24-,28-,29-,30+,34-;;;/m1.../s1. The largest absolute Gasteiger partial charge is 0.756 e. The van der Waals surface area contributed by atoms with Crippen molar-refractivity contribution in [3.8, 4) is 0 Å². The zero-order chi connectivity index (χ0) is 46.8. The van der Waals surface area contributed by atoms with Crippen LogP contribution >= 0.6 is 35.2 Å². The van der Waals surface area contributed by atoms with Crippen LogP contribution in [0.2, 0.25) is 0 Å². The van der Waals surface area contributed by atoms with Gasteiger partial charge in [-0.05, 0) is 6.42 Å².